The standard InChI is InChI=1S/C14H14BrN3S/c1-9-6-10(2-3-12(9)15)13(16)7-11-8-18-4-5-19-14(18)17-11/h2-6,8,13H,7,16H2,1H3. The van der Waals surface area contributed by atoms with E-state index in [0.717, 1.165) is 27.1 Å². The van der Waals surface area contributed by atoms with Crippen LogP contribution in [0.25, 0.3) is 4.96 Å². The molecule has 0 saturated heterocycles. The van der Waals surface area contributed by atoms with Gasteiger partial charge in [0.2, 0.25) is 0 Å². The predicted octanol–water partition coefficient (Wildman–Crippen LogP) is 3.71. The highest BCUT2D eigenvalue weighted by molar-refractivity contribution is 9.10. The fourth-order valence-electron chi connectivity index (χ4n) is 2.12. The van der Waals surface area contributed by atoms with E-state index < -0.39 is 0 Å². The first-order chi connectivity index (χ1) is 9.13. The van der Waals surface area contributed by atoms with E-state index in [1.807, 2.05) is 16.0 Å². The smallest absolute Gasteiger partial charge is 0.193 e. The summed E-state index contributed by atoms with van der Waals surface area (Å²) in [5.41, 5.74) is 9.67. The molecule has 0 aliphatic heterocycles. The molecule has 2 aromatic heterocycles. The molecule has 3 rings (SSSR count). The molecule has 0 bridgehead atoms. The Labute approximate surface area is 124 Å². The number of thiazole rings is 1. The monoisotopic (exact) mass is 335 g/mol. The molecule has 0 aliphatic rings. The number of nitrogens with two attached hydrogens (primary N) is 1. The van der Waals surface area contributed by atoms with Crippen LogP contribution in [0.4, 0.5) is 0 Å². The number of hydrogen-bond acceptors (Lipinski definition) is 3. The van der Waals surface area contributed by atoms with Crippen LogP contribution in [0.5, 0.6) is 0 Å². The van der Waals surface area contributed by atoms with Crippen molar-refractivity contribution in [1.29, 1.82) is 0 Å². The maximum Gasteiger partial charge on any atom is 0.193 e. The van der Waals surface area contributed by atoms with Gasteiger partial charge in [-0.25, -0.2) is 4.98 Å². The van der Waals surface area contributed by atoms with Crippen LogP contribution >= 0.6 is 27.3 Å². The van der Waals surface area contributed by atoms with E-state index in [4.69, 9.17) is 5.73 Å². The summed E-state index contributed by atoms with van der Waals surface area (Å²) >= 11 is 5.15. The lowest BCUT2D eigenvalue weighted by Gasteiger charge is -2.12. The third kappa shape index (κ3) is 2.59. The molecule has 5 heteroatoms. The van der Waals surface area contributed by atoms with Crippen LogP contribution in [-0.2, 0) is 6.42 Å². The summed E-state index contributed by atoms with van der Waals surface area (Å²) in [5, 5.41) is 2.03. The van der Waals surface area contributed by atoms with E-state index in [2.05, 4.69) is 52.2 Å². The first-order valence-corrected chi connectivity index (χ1v) is 7.73. The van der Waals surface area contributed by atoms with Gasteiger partial charge in [0.05, 0.1) is 5.69 Å². The van der Waals surface area contributed by atoms with Gasteiger partial charge in [-0.3, -0.25) is 4.40 Å². The Balaban J connectivity index is 1.82. The Bertz CT molecular complexity index is 688. The number of nitrogens with zero attached hydrogens (tertiary/aromatic N) is 2. The zero-order valence-electron chi connectivity index (χ0n) is 10.5. The molecule has 0 radical (unpaired) electrons. The van der Waals surface area contributed by atoms with Gasteiger partial charge in [-0.05, 0) is 24.1 Å². The Morgan fingerprint density at radius 1 is 1.47 bits per heavy atom. The predicted molar refractivity (Wildman–Crippen MR) is 82.6 cm³/mol. The number of halogens is 1. The van der Waals surface area contributed by atoms with Crippen LogP contribution in [0.2, 0.25) is 0 Å². The molecule has 2 N–H and O–H groups in total. The Kier molecular flexibility index (Phi) is 3.43. The Morgan fingerprint density at radius 3 is 3.05 bits per heavy atom. The first-order valence-electron chi connectivity index (χ1n) is 6.06. The van der Waals surface area contributed by atoms with Crippen molar-refractivity contribution in [2.45, 2.75) is 19.4 Å². The van der Waals surface area contributed by atoms with Gasteiger partial charge in [-0.2, -0.15) is 0 Å². The van der Waals surface area contributed by atoms with Crippen molar-refractivity contribution < 1.29 is 0 Å². The van der Waals surface area contributed by atoms with E-state index >= 15 is 0 Å². The van der Waals surface area contributed by atoms with E-state index in [1.165, 1.54) is 5.56 Å². The van der Waals surface area contributed by atoms with Crippen molar-refractivity contribution in [3.63, 3.8) is 0 Å². The molecular formula is C14H14BrN3S. The van der Waals surface area contributed by atoms with Crippen molar-refractivity contribution in [2.24, 2.45) is 5.73 Å². The van der Waals surface area contributed by atoms with E-state index in [1.54, 1.807) is 11.3 Å². The summed E-state index contributed by atoms with van der Waals surface area (Å²) in [5.74, 6) is 0. The molecule has 0 spiro atoms. The van der Waals surface area contributed by atoms with Crippen LogP contribution in [0.3, 0.4) is 0 Å². The zero-order chi connectivity index (χ0) is 13.4. The second-order valence-electron chi connectivity index (χ2n) is 4.64. The van der Waals surface area contributed by atoms with Gasteiger partial charge in [0.15, 0.2) is 4.96 Å². The highest BCUT2D eigenvalue weighted by Gasteiger charge is 2.11. The molecule has 0 aliphatic carbocycles. The van der Waals surface area contributed by atoms with E-state index in [-0.39, 0.29) is 6.04 Å². The summed E-state index contributed by atoms with van der Waals surface area (Å²) < 4.78 is 3.16. The fourth-order valence-corrected chi connectivity index (χ4v) is 3.08. The van der Waals surface area contributed by atoms with Gasteiger partial charge in [0, 0.05) is 34.7 Å². The molecule has 0 saturated carbocycles. The molecule has 3 nitrogen and oxygen atoms in total. The normalized spacial score (nSPS) is 13.0. The van der Waals surface area contributed by atoms with Gasteiger partial charge >= 0.3 is 0 Å². The highest BCUT2D eigenvalue weighted by atomic mass is 79.9. The zero-order valence-corrected chi connectivity index (χ0v) is 12.9. The average Bonchev–Trinajstić information content (AvgIpc) is 2.93. The van der Waals surface area contributed by atoms with Crippen molar-refractivity contribution in [2.75, 3.05) is 0 Å². The number of benzene rings is 1. The topological polar surface area (TPSA) is 43.3 Å². The second-order valence-corrected chi connectivity index (χ2v) is 6.37. The molecule has 2 heterocycles. The summed E-state index contributed by atoms with van der Waals surface area (Å²) in [4.78, 5) is 5.59. The lowest BCUT2D eigenvalue weighted by molar-refractivity contribution is 0.709. The van der Waals surface area contributed by atoms with Crippen molar-refractivity contribution in [3.05, 3.63) is 57.3 Å². The summed E-state index contributed by atoms with van der Waals surface area (Å²) in [6, 6.07) is 6.24. The minimum absolute atomic E-state index is 0.0172. The number of imidazole rings is 1. The molecule has 19 heavy (non-hydrogen) atoms. The van der Waals surface area contributed by atoms with Crippen LogP contribution in [0.1, 0.15) is 22.9 Å². The molecule has 0 fully saturated rings. The first kappa shape index (κ1) is 12.8. The lowest BCUT2D eigenvalue weighted by atomic mass is 10.0. The van der Waals surface area contributed by atoms with Gasteiger partial charge < -0.3 is 5.73 Å². The quantitative estimate of drug-likeness (QED) is 0.792. The largest absolute Gasteiger partial charge is 0.324 e. The average molecular weight is 336 g/mol. The van der Waals surface area contributed by atoms with Gasteiger partial charge in [-0.15, -0.1) is 11.3 Å². The fraction of sp³-hybridized carbons (Fsp3) is 0.214. The second kappa shape index (κ2) is 5.07. The molecule has 1 aromatic carbocycles. The minimum Gasteiger partial charge on any atom is -0.324 e. The van der Waals surface area contributed by atoms with Crippen molar-refractivity contribution >= 4 is 32.2 Å². The molecular weight excluding hydrogens is 322 g/mol. The maximum atomic E-state index is 6.28. The van der Waals surface area contributed by atoms with Crippen molar-refractivity contribution in [1.82, 2.24) is 9.38 Å². The van der Waals surface area contributed by atoms with Crippen LogP contribution < -0.4 is 5.73 Å². The number of hydrogen-bond donors (Lipinski definition) is 1. The molecule has 98 valence electrons. The Hall–Kier alpha value is -1.17. The number of aryl methyl sites for hydroxylation is 1. The van der Waals surface area contributed by atoms with Crippen LogP contribution in [-0.4, -0.2) is 9.38 Å². The molecule has 3 aromatic rings. The summed E-state index contributed by atoms with van der Waals surface area (Å²) in [7, 11) is 0. The summed E-state index contributed by atoms with van der Waals surface area (Å²) in [6.45, 7) is 2.08. The van der Waals surface area contributed by atoms with Gasteiger partial charge in [-0.1, -0.05) is 28.1 Å². The van der Waals surface area contributed by atoms with E-state index in [9.17, 15) is 0 Å². The molecule has 0 amide bonds. The third-order valence-corrected chi connectivity index (χ3v) is 4.84. The summed E-state index contributed by atoms with van der Waals surface area (Å²) in [6.07, 6.45) is 4.83. The molecule has 1 unspecified atom stereocenters. The van der Waals surface area contributed by atoms with Crippen LogP contribution in [0.15, 0.2) is 40.4 Å². The van der Waals surface area contributed by atoms with Crippen molar-refractivity contribution in [3.8, 4) is 0 Å². The SMILES string of the molecule is Cc1cc(C(N)Cc2cn3ccsc3n2)ccc1Br. The van der Waals surface area contributed by atoms with Gasteiger partial charge in [0.25, 0.3) is 0 Å². The lowest BCUT2D eigenvalue weighted by Crippen LogP contribution is -2.13. The third-order valence-electron chi connectivity index (χ3n) is 3.18. The molecule has 1 atom stereocenters. The highest BCUT2D eigenvalue weighted by Crippen LogP contribution is 2.22. The number of rotatable bonds is 3. The number of aromatic nitrogens is 2. The Morgan fingerprint density at radius 2 is 2.32 bits per heavy atom. The van der Waals surface area contributed by atoms with Crippen LogP contribution in [0, 0.1) is 6.92 Å². The van der Waals surface area contributed by atoms with Gasteiger partial charge in [0.1, 0.15) is 0 Å². The minimum atomic E-state index is -0.0172. The van der Waals surface area contributed by atoms with E-state index in [0.29, 0.717) is 0 Å². The number of fused-ring (bicyclic) bond motifs is 1. The maximum absolute atomic E-state index is 6.28.